The largest absolute Gasteiger partial charge is 0.496 e. The summed E-state index contributed by atoms with van der Waals surface area (Å²) in [5, 5.41) is 18.6. The molecule has 196 valence electrons. The smallest absolute Gasteiger partial charge is 0.131 e. The predicted octanol–water partition coefficient (Wildman–Crippen LogP) is 7.33. The van der Waals surface area contributed by atoms with Crippen LogP contribution in [-0.4, -0.2) is 24.4 Å². The van der Waals surface area contributed by atoms with Gasteiger partial charge in [0, 0.05) is 22.3 Å². The summed E-state index contributed by atoms with van der Waals surface area (Å²) in [6, 6.07) is 28.2. The molecule has 0 saturated carbocycles. The molecule has 4 heteroatoms. The molecule has 4 rings (SSSR count). The Balaban J connectivity index is 0.000000211. The molecule has 38 heavy (non-hydrogen) atoms. The molecule has 0 radical (unpaired) electrons. The topological polar surface area (TPSA) is 58.9 Å². The zero-order valence-corrected chi connectivity index (χ0v) is 22.5. The Kier molecular flexibility index (Phi) is 10.9. The minimum atomic E-state index is -0.0185. The molecule has 4 nitrogen and oxygen atoms in total. The molecular weight excluding hydrogens is 472 g/mol. The van der Waals surface area contributed by atoms with Crippen LogP contribution in [0.25, 0.3) is 24.3 Å². The van der Waals surface area contributed by atoms with Gasteiger partial charge in [-0.25, -0.2) is 0 Å². The molecular formula is C34H36O4. The number of benzene rings is 4. The number of rotatable bonds is 8. The molecule has 0 spiro atoms. The molecule has 0 atom stereocenters. The summed E-state index contributed by atoms with van der Waals surface area (Å²) in [4.78, 5) is 0. The van der Waals surface area contributed by atoms with Crippen molar-refractivity contribution in [1.82, 2.24) is 0 Å². The lowest BCUT2D eigenvalue weighted by Gasteiger charge is -2.09. The van der Waals surface area contributed by atoms with Crippen LogP contribution in [0.1, 0.15) is 44.5 Å². The number of aliphatic hydroxyl groups is 2. The monoisotopic (exact) mass is 508 g/mol. The number of hydrogen-bond acceptors (Lipinski definition) is 4. The molecule has 0 unspecified atom stereocenters. The molecule has 0 heterocycles. The van der Waals surface area contributed by atoms with Crippen molar-refractivity contribution in [1.29, 1.82) is 0 Å². The summed E-state index contributed by atoms with van der Waals surface area (Å²) in [6.07, 6.45) is 8.09. The lowest BCUT2D eigenvalue weighted by molar-refractivity contribution is 0.273. The fraction of sp³-hybridized carbons (Fsp3) is 0.176. The average molecular weight is 509 g/mol. The van der Waals surface area contributed by atoms with Crippen LogP contribution in [0, 0.1) is 13.8 Å². The van der Waals surface area contributed by atoms with Gasteiger partial charge in [0.05, 0.1) is 27.4 Å². The van der Waals surface area contributed by atoms with Crippen molar-refractivity contribution in [3.8, 4) is 11.5 Å². The van der Waals surface area contributed by atoms with Crippen molar-refractivity contribution in [2.24, 2.45) is 0 Å². The van der Waals surface area contributed by atoms with E-state index in [-0.39, 0.29) is 13.2 Å². The highest BCUT2D eigenvalue weighted by Gasteiger charge is 2.06. The van der Waals surface area contributed by atoms with Gasteiger partial charge in [0.25, 0.3) is 0 Å². The summed E-state index contributed by atoms with van der Waals surface area (Å²) >= 11 is 0. The van der Waals surface area contributed by atoms with E-state index in [1.165, 1.54) is 11.1 Å². The van der Waals surface area contributed by atoms with Crippen LogP contribution in [0.4, 0.5) is 0 Å². The molecule has 0 amide bonds. The van der Waals surface area contributed by atoms with Gasteiger partial charge >= 0.3 is 0 Å². The zero-order chi connectivity index (χ0) is 27.3. The highest BCUT2D eigenvalue weighted by molar-refractivity contribution is 5.74. The van der Waals surface area contributed by atoms with Crippen LogP contribution in [0.2, 0.25) is 0 Å². The first-order chi connectivity index (χ1) is 18.5. The fourth-order valence-electron chi connectivity index (χ4n) is 3.95. The van der Waals surface area contributed by atoms with Gasteiger partial charge in [-0.2, -0.15) is 0 Å². The molecule has 4 aromatic carbocycles. The Bertz CT molecular complexity index is 1240. The fourth-order valence-corrected chi connectivity index (χ4v) is 3.95. The van der Waals surface area contributed by atoms with Gasteiger partial charge in [0.15, 0.2) is 0 Å². The highest BCUT2D eigenvalue weighted by atomic mass is 16.5. The first-order valence-corrected chi connectivity index (χ1v) is 12.5. The van der Waals surface area contributed by atoms with Crippen molar-refractivity contribution in [2.45, 2.75) is 27.1 Å². The van der Waals surface area contributed by atoms with Crippen molar-refractivity contribution < 1.29 is 19.7 Å². The van der Waals surface area contributed by atoms with Crippen molar-refractivity contribution >= 4 is 24.3 Å². The van der Waals surface area contributed by atoms with E-state index in [1.807, 2.05) is 60.7 Å². The average Bonchev–Trinajstić information content (AvgIpc) is 2.96. The summed E-state index contributed by atoms with van der Waals surface area (Å²) in [7, 11) is 3.25. The van der Waals surface area contributed by atoms with E-state index >= 15 is 0 Å². The summed E-state index contributed by atoms with van der Waals surface area (Å²) in [5.41, 5.74) is 8.31. The van der Waals surface area contributed by atoms with Crippen molar-refractivity contribution in [2.75, 3.05) is 14.2 Å². The van der Waals surface area contributed by atoms with Gasteiger partial charge in [-0.1, -0.05) is 120 Å². The van der Waals surface area contributed by atoms with Gasteiger partial charge in [-0.15, -0.1) is 0 Å². The van der Waals surface area contributed by atoms with Crippen LogP contribution < -0.4 is 9.47 Å². The Morgan fingerprint density at radius 3 is 1.21 bits per heavy atom. The van der Waals surface area contributed by atoms with Crippen molar-refractivity contribution in [3.63, 3.8) is 0 Å². The third kappa shape index (κ3) is 7.94. The van der Waals surface area contributed by atoms with Crippen LogP contribution in [0.15, 0.2) is 84.9 Å². The van der Waals surface area contributed by atoms with Gasteiger partial charge < -0.3 is 19.7 Å². The molecule has 2 N–H and O–H groups in total. The van der Waals surface area contributed by atoms with Crippen molar-refractivity contribution in [3.05, 3.63) is 129 Å². The van der Waals surface area contributed by atoms with E-state index in [9.17, 15) is 10.2 Å². The van der Waals surface area contributed by atoms with Crippen LogP contribution in [0.5, 0.6) is 11.5 Å². The molecule has 0 aliphatic heterocycles. The van der Waals surface area contributed by atoms with E-state index in [0.29, 0.717) is 0 Å². The Morgan fingerprint density at radius 1 is 0.526 bits per heavy atom. The Labute approximate surface area is 226 Å². The summed E-state index contributed by atoms with van der Waals surface area (Å²) < 4.78 is 10.7. The second kappa shape index (κ2) is 14.6. The quantitative estimate of drug-likeness (QED) is 0.245. The summed E-state index contributed by atoms with van der Waals surface area (Å²) in [6.45, 7) is 4.10. The molecule has 0 bridgehead atoms. The minimum absolute atomic E-state index is 0.0185. The van der Waals surface area contributed by atoms with Crippen LogP contribution in [0.3, 0.4) is 0 Å². The third-order valence-corrected chi connectivity index (χ3v) is 6.07. The number of para-hydroxylation sites is 2. The first kappa shape index (κ1) is 28.5. The molecule has 0 fully saturated rings. The second-order valence-corrected chi connectivity index (χ2v) is 8.88. The van der Waals surface area contributed by atoms with Gasteiger partial charge in [-0.3, -0.25) is 0 Å². The SMILES string of the molecule is COc1c(/C=C/c2ccc(C)cc2)cccc1CO.COc1c(/C=C/c2ccc(C)cc2)cccc1CO. The minimum Gasteiger partial charge on any atom is -0.496 e. The maximum absolute atomic E-state index is 9.29. The van der Waals surface area contributed by atoms with Gasteiger partial charge in [0.1, 0.15) is 11.5 Å². The number of aryl methyl sites for hydroxylation is 2. The second-order valence-electron chi connectivity index (χ2n) is 8.88. The standard InChI is InChI=1S/2C17H18O2/c2*1-13-6-8-14(9-7-13)10-11-15-4-3-5-16(12-18)17(15)19-2/h2*3-11,18H,12H2,1-2H3/b2*11-10+. The van der Waals surface area contributed by atoms with Gasteiger partial charge in [-0.05, 0) is 25.0 Å². The van der Waals surface area contributed by atoms with E-state index in [1.54, 1.807) is 14.2 Å². The number of ether oxygens (including phenoxy) is 2. The molecule has 4 aromatic rings. The molecule has 0 aliphatic carbocycles. The molecule has 0 aromatic heterocycles. The molecule has 0 aliphatic rings. The maximum atomic E-state index is 9.29. The molecule has 0 saturated heterocycles. The van der Waals surface area contributed by atoms with E-state index < -0.39 is 0 Å². The first-order valence-electron chi connectivity index (χ1n) is 12.5. The summed E-state index contributed by atoms with van der Waals surface area (Å²) in [5.74, 6) is 1.46. The van der Waals surface area contributed by atoms with E-state index in [0.717, 1.165) is 44.9 Å². The Morgan fingerprint density at radius 2 is 0.895 bits per heavy atom. The van der Waals surface area contributed by atoms with Crippen LogP contribution >= 0.6 is 0 Å². The third-order valence-electron chi connectivity index (χ3n) is 6.07. The lowest BCUT2D eigenvalue weighted by atomic mass is 10.1. The predicted molar refractivity (Wildman–Crippen MR) is 158 cm³/mol. The normalized spacial score (nSPS) is 10.9. The van der Waals surface area contributed by atoms with Crippen LogP contribution in [-0.2, 0) is 13.2 Å². The van der Waals surface area contributed by atoms with E-state index in [4.69, 9.17) is 9.47 Å². The Hall–Kier alpha value is -4.12. The number of methoxy groups -OCH3 is 2. The maximum Gasteiger partial charge on any atom is 0.131 e. The zero-order valence-electron chi connectivity index (χ0n) is 22.5. The lowest BCUT2D eigenvalue weighted by Crippen LogP contribution is -1.94. The van der Waals surface area contributed by atoms with Gasteiger partial charge in [0.2, 0.25) is 0 Å². The number of hydrogen-bond donors (Lipinski definition) is 2. The van der Waals surface area contributed by atoms with E-state index in [2.05, 4.69) is 62.4 Å². The number of aliphatic hydroxyl groups excluding tert-OH is 2. The highest BCUT2D eigenvalue weighted by Crippen LogP contribution is 2.27.